The van der Waals surface area contributed by atoms with Crippen LogP contribution in [-0.4, -0.2) is 66.1 Å². The molecule has 1 N–H and O–H groups in total. The molecule has 0 saturated carbocycles. The summed E-state index contributed by atoms with van der Waals surface area (Å²) in [6.45, 7) is 8.99. The molecule has 132 valence electrons. The van der Waals surface area contributed by atoms with Gasteiger partial charge in [0, 0.05) is 0 Å². The van der Waals surface area contributed by atoms with Gasteiger partial charge < -0.3 is 33.5 Å². The Morgan fingerprint density at radius 3 is 2.39 bits per heavy atom. The molecule has 0 amide bonds. The highest BCUT2D eigenvalue weighted by Crippen LogP contribution is 2.42. The molecule has 0 aliphatic carbocycles. The number of hydrogen-bond acceptors (Lipinski definition) is 7. The molecule has 0 radical (unpaired) electrons. The number of carboxylic acids is 1. The molecule has 8 heteroatoms. The van der Waals surface area contributed by atoms with Gasteiger partial charge in [-0.05, 0) is 34.6 Å². The van der Waals surface area contributed by atoms with Crippen LogP contribution in [0.4, 0.5) is 0 Å². The summed E-state index contributed by atoms with van der Waals surface area (Å²) in [6.07, 6.45) is -3.64. The van der Waals surface area contributed by atoms with Crippen LogP contribution in [-0.2, 0) is 33.2 Å². The van der Waals surface area contributed by atoms with Gasteiger partial charge in [-0.3, -0.25) is 0 Å². The maximum Gasteiger partial charge on any atom is 0.332 e. The lowest BCUT2D eigenvalue weighted by atomic mass is 10.1. The molecule has 2 unspecified atom stereocenters. The Kier molecular flexibility index (Phi) is 4.19. The molecular weight excluding hydrogens is 308 g/mol. The number of rotatable bonds is 4. The van der Waals surface area contributed by atoms with Crippen molar-refractivity contribution in [2.45, 2.75) is 83.0 Å². The molecule has 0 aromatic rings. The van der Waals surface area contributed by atoms with Gasteiger partial charge in [-0.15, -0.1) is 0 Å². The minimum absolute atomic E-state index is 0.335. The maximum absolute atomic E-state index is 11.1. The summed E-state index contributed by atoms with van der Waals surface area (Å²) in [5.74, 6) is -2.56. The SMILES string of the molecule is CC(O[C@@H]1[C@H]2OC(C)(C)O[C@H]2O[C@@H]1C1COC(C)(C)O1)C(=O)O. The van der Waals surface area contributed by atoms with Crippen LogP contribution >= 0.6 is 0 Å². The third-order valence-corrected chi connectivity index (χ3v) is 4.13. The quantitative estimate of drug-likeness (QED) is 0.811. The molecule has 0 aromatic heterocycles. The summed E-state index contributed by atoms with van der Waals surface area (Å²) in [5.41, 5.74) is 0. The van der Waals surface area contributed by atoms with Crippen molar-refractivity contribution < 1.29 is 38.3 Å². The fourth-order valence-corrected chi connectivity index (χ4v) is 3.13. The van der Waals surface area contributed by atoms with Gasteiger partial charge in [0.05, 0.1) is 6.61 Å². The van der Waals surface area contributed by atoms with Gasteiger partial charge in [0.25, 0.3) is 0 Å². The van der Waals surface area contributed by atoms with Crippen molar-refractivity contribution in [2.75, 3.05) is 6.61 Å². The molecule has 3 heterocycles. The van der Waals surface area contributed by atoms with Gasteiger partial charge >= 0.3 is 5.97 Å². The fourth-order valence-electron chi connectivity index (χ4n) is 3.13. The van der Waals surface area contributed by atoms with Crippen molar-refractivity contribution in [1.29, 1.82) is 0 Å². The van der Waals surface area contributed by atoms with E-state index in [2.05, 4.69) is 0 Å². The molecule has 3 saturated heterocycles. The van der Waals surface area contributed by atoms with E-state index in [4.69, 9.17) is 33.5 Å². The molecule has 0 aromatic carbocycles. The number of carbonyl (C=O) groups is 1. The summed E-state index contributed by atoms with van der Waals surface area (Å²) in [7, 11) is 0. The van der Waals surface area contributed by atoms with E-state index in [1.54, 1.807) is 13.8 Å². The Hall–Kier alpha value is -0.770. The van der Waals surface area contributed by atoms with Crippen LogP contribution in [0.2, 0.25) is 0 Å². The van der Waals surface area contributed by atoms with Crippen molar-refractivity contribution in [1.82, 2.24) is 0 Å². The minimum atomic E-state index is -1.05. The molecule has 3 aliphatic rings. The first-order valence-electron chi connectivity index (χ1n) is 7.79. The Bertz CT molecular complexity index is 476. The van der Waals surface area contributed by atoms with Crippen LogP contribution in [0.5, 0.6) is 0 Å². The van der Waals surface area contributed by atoms with Gasteiger partial charge in [0.1, 0.15) is 24.4 Å². The van der Waals surface area contributed by atoms with E-state index in [1.807, 2.05) is 13.8 Å². The lowest BCUT2D eigenvalue weighted by Gasteiger charge is -2.29. The standard InChI is InChI=1S/C15H24O8/c1-7(12(16)17)19-10-9(8-6-18-14(2,3)21-8)20-13-11(10)22-15(4,5)23-13/h7-11,13H,6H2,1-5H3,(H,16,17)/t7?,8?,9-,10+,11-,13-/m1/s1. The Morgan fingerprint density at radius 2 is 1.83 bits per heavy atom. The molecule has 3 aliphatic heterocycles. The molecule has 3 fully saturated rings. The number of hydrogen-bond donors (Lipinski definition) is 1. The molecular formula is C15H24O8. The highest BCUT2D eigenvalue weighted by Gasteiger charge is 2.59. The number of fused-ring (bicyclic) bond motifs is 1. The van der Waals surface area contributed by atoms with Gasteiger partial charge in [-0.1, -0.05) is 0 Å². The highest BCUT2D eigenvalue weighted by atomic mass is 16.8. The summed E-state index contributed by atoms with van der Waals surface area (Å²) >= 11 is 0. The number of ether oxygens (including phenoxy) is 6. The highest BCUT2D eigenvalue weighted by molar-refractivity contribution is 5.71. The van der Waals surface area contributed by atoms with Crippen LogP contribution in [0.25, 0.3) is 0 Å². The third kappa shape index (κ3) is 3.38. The number of carboxylic acid groups (broad SMARTS) is 1. The fraction of sp³-hybridized carbons (Fsp3) is 0.933. The normalized spacial score (nSPS) is 42.6. The van der Waals surface area contributed by atoms with Crippen LogP contribution in [0.1, 0.15) is 34.6 Å². The molecule has 8 nitrogen and oxygen atoms in total. The van der Waals surface area contributed by atoms with E-state index in [0.717, 1.165) is 0 Å². The second-order valence-electron chi connectivity index (χ2n) is 7.02. The third-order valence-electron chi connectivity index (χ3n) is 4.13. The van der Waals surface area contributed by atoms with Gasteiger partial charge in [0.15, 0.2) is 24.0 Å². The first kappa shape index (κ1) is 17.1. The van der Waals surface area contributed by atoms with Crippen LogP contribution in [0.3, 0.4) is 0 Å². The van der Waals surface area contributed by atoms with Crippen molar-refractivity contribution in [2.24, 2.45) is 0 Å². The van der Waals surface area contributed by atoms with Crippen LogP contribution in [0.15, 0.2) is 0 Å². The monoisotopic (exact) mass is 332 g/mol. The van der Waals surface area contributed by atoms with Crippen LogP contribution < -0.4 is 0 Å². The van der Waals surface area contributed by atoms with Crippen molar-refractivity contribution in [3.8, 4) is 0 Å². The molecule has 6 atom stereocenters. The predicted molar refractivity (Wildman–Crippen MR) is 75.6 cm³/mol. The average molecular weight is 332 g/mol. The van der Waals surface area contributed by atoms with Crippen LogP contribution in [0, 0.1) is 0 Å². The number of aliphatic carboxylic acids is 1. The van der Waals surface area contributed by atoms with E-state index < -0.39 is 48.2 Å². The summed E-state index contributed by atoms with van der Waals surface area (Å²) in [6, 6.07) is 0. The summed E-state index contributed by atoms with van der Waals surface area (Å²) in [5, 5.41) is 9.13. The lowest BCUT2D eigenvalue weighted by molar-refractivity contribution is -0.239. The zero-order valence-electron chi connectivity index (χ0n) is 14.0. The maximum atomic E-state index is 11.1. The first-order valence-corrected chi connectivity index (χ1v) is 7.79. The second-order valence-corrected chi connectivity index (χ2v) is 7.02. The van der Waals surface area contributed by atoms with Gasteiger partial charge in [-0.2, -0.15) is 0 Å². The van der Waals surface area contributed by atoms with E-state index in [1.165, 1.54) is 6.92 Å². The van der Waals surface area contributed by atoms with Gasteiger partial charge in [0.2, 0.25) is 0 Å². The minimum Gasteiger partial charge on any atom is -0.479 e. The van der Waals surface area contributed by atoms with E-state index in [9.17, 15) is 4.79 Å². The Labute approximate surface area is 134 Å². The Balaban J connectivity index is 1.77. The zero-order chi connectivity index (χ0) is 17.0. The smallest absolute Gasteiger partial charge is 0.332 e. The van der Waals surface area contributed by atoms with E-state index in [-0.39, 0.29) is 6.10 Å². The van der Waals surface area contributed by atoms with E-state index >= 15 is 0 Å². The zero-order valence-corrected chi connectivity index (χ0v) is 14.0. The molecule has 0 bridgehead atoms. The lowest BCUT2D eigenvalue weighted by Crippen LogP contribution is -2.46. The molecule has 3 rings (SSSR count). The summed E-state index contributed by atoms with van der Waals surface area (Å²) in [4.78, 5) is 11.1. The average Bonchev–Trinajstić information content (AvgIpc) is 3.01. The molecule has 0 spiro atoms. The van der Waals surface area contributed by atoms with Crippen molar-refractivity contribution in [3.05, 3.63) is 0 Å². The largest absolute Gasteiger partial charge is 0.479 e. The molecule has 23 heavy (non-hydrogen) atoms. The van der Waals surface area contributed by atoms with E-state index in [0.29, 0.717) is 6.61 Å². The first-order chi connectivity index (χ1) is 10.6. The second kappa shape index (κ2) is 5.65. The van der Waals surface area contributed by atoms with Gasteiger partial charge in [-0.25, -0.2) is 4.79 Å². The predicted octanol–water partition coefficient (Wildman–Crippen LogP) is 0.873. The topological polar surface area (TPSA) is 92.7 Å². The summed E-state index contributed by atoms with van der Waals surface area (Å²) < 4.78 is 34.6. The Morgan fingerprint density at radius 1 is 1.13 bits per heavy atom. The van der Waals surface area contributed by atoms with Crippen molar-refractivity contribution in [3.63, 3.8) is 0 Å². The van der Waals surface area contributed by atoms with Crippen molar-refractivity contribution >= 4 is 5.97 Å².